The Morgan fingerprint density at radius 1 is 0.793 bits per heavy atom. The first kappa shape index (κ1) is 23.3. The second-order valence-electron chi connectivity index (χ2n) is 7.10. The molecule has 0 aromatic heterocycles. The van der Waals surface area contributed by atoms with E-state index in [4.69, 9.17) is 4.74 Å². The average molecular weight is 435 g/mol. The predicted molar refractivity (Wildman–Crippen MR) is 125 cm³/mol. The van der Waals surface area contributed by atoms with Crippen LogP contribution in [0.4, 0.5) is 5.69 Å². The van der Waals surface area contributed by atoms with Gasteiger partial charge in [-0.25, -0.2) is 0 Å². The number of rotatable bonds is 6. The van der Waals surface area contributed by atoms with E-state index in [0.717, 1.165) is 37.3 Å². The molecule has 156 valence electrons. The third-order valence-corrected chi connectivity index (χ3v) is 5.13. The third kappa shape index (κ3) is 6.25. The summed E-state index contributed by atoms with van der Waals surface area (Å²) in [6, 6.07) is 24.8. The van der Waals surface area contributed by atoms with Gasteiger partial charge < -0.3 is 14.7 Å². The van der Waals surface area contributed by atoms with Crippen LogP contribution in [0.3, 0.4) is 0 Å². The Balaban J connectivity index is 0.00000150. The topological polar surface area (TPSA) is 35.9 Å². The van der Waals surface area contributed by atoms with Gasteiger partial charge in [0.1, 0.15) is 18.5 Å². The number of ether oxygens (including phenoxy) is 1. The van der Waals surface area contributed by atoms with E-state index < -0.39 is 6.10 Å². The second kappa shape index (κ2) is 11.3. The van der Waals surface area contributed by atoms with Gasteiger partial charge in [-0.05, 0) is 35.0 Å². The van der Waals surface area contributed by atoms with Crippen LogP contribution >= 0.6 is 24.8 Å². The quantitative estimate of drug-likeness (QED) is 0.628. The largest absolute Gasteiger partial charge is 0.491 e. The van der Waals surface area contributed by atoms with Crippen molar-refractivity contribution in [1.29, 1.82) is 0 Å². The molecule has 6 heteroatoms. The van der Waals surface area contributed by atoms with Gasteiger partial charge in [0.2, 0.25) is 0 Å². The monoisotopic (exact) mass is 434 g/mol. The molecular weight excluding hydrogens is 407 g/mol. The van der Waals surface area contributed by atoms with Crippen molar-refractivity contribution >= 4 is 41.3 Å². The van der Waals surface area contributed by atoms with E-state index in [9.17, 15) is 5.11 Å². The Morgan fingerprint density at radius 3 is 2.17 bits per heavy atom. The van der Waals surface area contributed by atoms with Gasteiger partial charge in [-0.1, -0.05) is 48.5 Å². The normalized spacial score (nSPS) is 15.3. The molecular formula is C23H28Cl2N2O2. The van der Waals surface area contributed by atoms with Crippen LogP contribution in [-0.2, 0) is 0 Å². The number of β-amino-alcohol motifs (C(OH)–C–C–N with tert-alkyl or cyclic N) is 1. The Hall–Kier alpha value is -1.98. The van der Waals surface area contributed by atoms with Gasteiger partial charge in [0.15, 0.2) is 0 Å². The molecule has 1 atom stereocenters. The van der Waals surface area contributed by atoms with E-state index >= 15 is 0 Å². The van der Waals surface area contributed by atoms with Crippen LogP contribution in [0.2, 0.25) is 0 Å². The minimum absolute atomic E-state index is 0. The van der Waals surface area contributed by atoms with Crippen molar-refractivity contribution in [3.05, 3.63) is 72.8 Å². The van der Waals surface area contributed by atoms with E-state index in [-0.39, 0.29) is 24.8 Å². The highest BCUT2D eigenvalue weighted by Gasteiger charge is 2.19. The molecule has 3 aromatic carbocycles. The molecule has 1 aliphatic heterocycles. The summed E-state index contributed by atoms with van der Waals surface area (Å²) in [6.07, 6.45) is -0.486. The van der Waals surface area contributed by atoms with E-state index in [1.807, 2.05) is 30.3 Å². The molecule has 1 N–H and O–H groups in total. The summed E-state index contributed by atoms with van der Waals surface area (Å²) in [5.41, 5.74) is 1.28. The molecule has 1 fully saturated rings. The Morgan fingerprint density at radius 2 is 1.45 bits per heavy atom. The van der Waals surface area contributed by atoms with Gasteiger partial charge in [-0.2, -0.15) is 0 Å². The molecule has 0 spiro atoms. The third-order valence-electron chi connectivity index (χ3n) is 5.13. The van der Waals surface area contributed by atoms with Crippen molar-refractivity contribution in [2.45, 2.75) is 6.10 Å². The molecule has 0 radical (unpaired) electrons. The number of hydrogen-bond donors (Lipinski definition) is 1. The fourth-order valence-corrected chi connectivity index (χ4v) is 3.63. The number of benzene rings is 3. The van der Waals surface area contributed by atoms with E-state index in [1.54, 1.807) is 0 Å². The van der Waals surface area contributed by atoms with Crippen LogP contribution in [0.5, 0.6) is 5.75 Å². The van der Waals surface area contributed by atoms with Crippen molar-refractivity contribution in [1.82, 2.24) is 4.90 Å². The molecule has 4 rings (SSSR count). The maximum absolute atomic E-state index is 10.4. The molecule has 4 nitrogen and oxygen atoms in total. The number of anilines is 1. The molecule has 0 saturated carbocycles. The smallest absolute Gasteiger partial charge is 0.120 e. The average Bonchev–Trinajstić information content (AvgIpc) is 2.73. The van der Waals surface area contributed by atoms with Gasteiger partial charge in [-0.15, -0.1) is 24.8 Å². The molecule has 0 amide bonds. The van der Waals surface area contributed by atoms with Gasteiger partial charge in [0.25, 0.3) is 0 Å². The Kier molecular flexibility index (Phi) is 9.05. The van der Waals surface area contributed by atoms with Gasteiger partial charge in [0, 0.05) is 38.4 Å². The van der Waals surface area contributed by atoms with Crippen LogP contribution in [0, 0.1) is 0 Å². The van der Waals surface area contributed by atoms with Crippen molar-refractivity contribution in [3.8, 4) is 5.75 Å². The van der Waals surface area contributed by atoms with Gasteiger partial charge >= 0.3 is 0 Å². The first-order valence-corrected chi connectivity index (χ1v) is 9.60. The van der Waals surface area contributed by atoms with Crippen molar-refractivity contribution in [2.75, 3.05) is 44.2 Å². The number of piperazine rings is 1. The SMILES string of the molecule is Cl.Cl.OC(COc1ccc2ccccc2c1)CN1CCN(c2ccccc2)CC1. The lowest BCUT2D eigenvalue weighted by Gasteiger charge is -2.36. The lowest BCUT2D eigenvalue weighted by atomic mass is 10.1. The lowest BCUT2D eigenvalue weighted by Crippen LogP contribution is -2.49. The molecule has 3 aromatic rings. The first-order chi connectivity index (χ1) is 13.3. The molecule has 29 heavy (non-hydrogen) atoms. The van der Waals surface area contributed by atoms with Gasteiger partial charge in [0.05, 0.1) is 0 Å². The number of halogens is 2. The number of aliphatic hydroxyl groups is 1. The zero-order valence-corrected chi connectivity index (χ0v) is 17.9. The summed E-state index contributed by atoms with van der Waals surface area (Å²) in [5.74, 6) is 0.807. The molecule has 1 unspecified atom stereocenters. The zero-order chi connectivity index (χ0) is 18.5. The maximum atomic E-state index is 10.4. The minimum atomic E-state index is -0.486. The maximum Gasteiger partial charge on any atom is 0.120 e. The summed E-state index contributed by atoms with van der Waals surface area (Å²) < 4.78 is 5.82. The summed E-state index contributed by atoms with van der Waals surface area (Å²) in [7, 11) is 0. The highest BCUT2D eigenvalue weighted by molar-refractivity contribution is 5.85. The van der Waals surface area contributed by atoms with E-state index in [0.29, 0.717) is 13.2 Å². The van der Waals surface area contributed by atoms with Crippen molar-refractivity contribution in [3.63, 3.8) is 0 Å². The van der Waals surface area contributed by atoms with E-state index in [2.05, 4.69) is 52.3 Å². The lowest BCUT2D eigenvalue weighted by molar-refractivity contribution is 0.0663. The number of nitrogens with zero attached hydrogens (tertiary/aromatic N) is 2. The summed E-state index contributed by atoms with van der Waals surface area (Å²) in [5, 5.41) is 12.7. The van der Waals surface area contributed by atoms with E-state index in [1.165, 1.54) is 11.1 Å². The van der Waals surface area contributed by atoms with Crippen LogP contribution in [0.25, 0.3) is 10.8 Å². The number of hydrogen-bond acceptors (Lipinski definition) is 4. The van der Waals surface area contributed by atoms with Crippen molar-refractivity contribution in [2.24, 2.45) is 0 Å². The van der Waals surface area contributed by atoms with Crippen LogP contribution < -0.4 is 9.64 Å². The zero-order valence-electron chi connectivity index (χ0n) is 16.3. The van der Waals surface area contributed by atoms with Crippen LogP contribution in [0.15, 0.2) is 72.8 Å². The summed E-state index contributed by atoms with van der Waals surface area (Å²) in [6.45, 7) is 4.86. The van der Waals surface area contributed by atoms with Crippen LogP contribution in [0.1, 0.15) is 0 Å². The Labute approximate surface area is 184 Å². The van der Waals surface area contributed by atoms with Crippen LogP contribution in [-0.4, -0.2) is 55.4 Å². The number of fused-ring (bicyclic) bond motifs is 1. The first-order valence-electron chi connectivity index (χ1n) is 9.60. The summed E-state index contributed by atoms with van der Waals surface area (Å²) >= 11 is 0. The molecule has 0 aliphatic carbocycles. The fourth-order valence-electron chi connectivity index (χ4n) is 3.63. The predicted octanol–water partition coefficient (Wildman–Crippen LogP) is 4.25. The second-order valence-corrected chi connectivity index (χ2v) is 7.10. The molecule has 1 aliphatic rings. The molecule has 1 heterocycles. The standard InChI is InChI=1S/C23H26N2O2.2ClH/c26-22(18-27-23-11-10-19-6-4-5-7-20(19)16-23)17-24-12-14-25(15-13-24)21-8-2-1-3-9-21;;/h1-11,16,22,26H,12-15,17-18H2;2*1H. The van der Waals surface area contributed by atoms with Crippen molar-refractivity contribution < 1.29 is 9.84 Å². The highest BCUT2D eigenvalue weighted by atomic mass is 35.5. The molecule has 0 bridgehead atoms. The number of para-hydroxylation sites is 1. The minimum Gasteiger partial charge on any atom is -0.491 e. The molecule has 1 saturated heterocycles. The highest BCUT2D eigenvalue weighted by Crippen LogP contribution is 2.21. The fraction of sp³-hybridized carbons (Fsp3) is 0.304. The number of aliphatic hydroxyl groups excluding tert-OH is 1. The summed E-state index contributed by atoms with van der Waals surface area (Å²) in [4.78, 5) is 4.71. The van der Waals surface area contributed by atoms with Gasteiger partial charge in [-0.3, -0.25) is 4.90 Å². The Bertz CT molecular complexity index is 871.